The van der Waals surface area contributed by atoms with E-state index in [0.717, 1.165) is 24.2 Å². The van der Waals surface area contributed by atoms with E-state index in [-0.39, 0.29) is 11.5 Å². The highest BCUT2D eigenvalue weighted by molar-refractivity contribution is 8.01. The maximum absolute atomic E-state index is 12.3. The molecule has 0 spiro atoms. The zero-order chi connectivity index (χ0) is 14.0. The molecule has 2 N–H and O–H groups in total. The number of rotatable bonds is 3. The van der Waals surface area contributed by atoms with Crippen molar-refractivity contribution >= 4 is 29.3 Å². The van der Waals surface area contributed by atoms with Gasteiger partial charge >= 0.3 is 5.97 Å². The zero-order valence-corrected chi connectivity index (χ0v) is 11.8. The number of carboxylic acid groups (broad SMARTS) is 1. The number of carbonyl (C=O) groups excluding carboxylic acids is 1. The molecule has 102 valence electrons. The molecule has 2 rings (SSSR count). The van der Waals surface area contributed by atoms with Crippen LogP contribution in [-0.2, 0) is 4.79 Å². The van der Waals surface area contributed by atoms with Gasteiger partial charge in [-0.05, 0) is 44.1 Å². The summed E-state index contributed by atoms with van der Waals surface area (Å²) < 4.78 is -0.446. The first-order chi connectivity index (χ1) is 8.94. The number of carboxylic acids is 1. The minimum absolute atomic E-state index is 0.105. The van der Waals surface area contributed by atoms with Crippen molar-refractivity contribution in [3.63, 3.8) is 0 Å². The Kier molecular flexibility index (Phi) is 3.85. The van der Waals surface area contributed by atoms with Gasteiger partial charge in [0.1, 0.15) is 0 Å². The summed E-state index contributed by atoms with van der Waals surface area (Å²) in [5.74, 6) is -0.154. The van der Waals surface area contributed by atoms with Gasteiger partial charge in [0, 0.05) is 0 Å². The van der Waals surface area contributed by atoms with Gasteiger partial charge in [0.25, 0.3) is 0 Å². The van der Waals surface area contributed by atoms with Gasteiger partial charge in [-0.3, -0.25) is 4.79 Å². The van der Waals surface area contributed by atoms with E-state index in [1.807, 2.05) is 6.92 Å². The van der Waals surface area contributed by atoms with Crippen molar-refractivity contribution in [2.24, 2.45) is 0 Å². The minimum Gasteiger partial charge on any atom is -0.478 e. The fourth-order valence-electron chi connectivity index (χ4n) is 2.22. The molecule has 1 aliphatic rings. The summed E-state index contributed by atoms with van der Waals surface area (Å²) >= 11 is 1.63. The Balaban J connectivity index is 2.28. The van der Waals surface area contributed by atoms with Crippen LogP contribution in [0.3, 0.4) is 0 Å². The lowest BCUT2D eigenvalue weighted by Gasteiger charge is -2.22. The number of nitrogens with one attached hydrogen (secondary N) is 1. The molecule has 1 fully saturated rings. The second-order valence-electron chi connectivity index (χ2n) is 4.94. The topological polar surface area (TPSA) is 66.4 Å². The lowest BCUT2D eigenvalue weighted by atomic mass is 10.0. The van der Waals surface area contributed by atoms with Crippen LogP contribution in [0.25, 0.3) is 0 Å². The van der Waals surface area contributed by atoms with Gasteiger partial charge in [0.05, 0.1) is 16.0 Å². The predicted octanol–water partition coefficient (Wildman–Crippen LogP) is 2.92. The average Bonchev–Trinajstić information content (AvgIpc) is 2.79. The zero-order valence-electron chi connectivity index (χ0n) is 11.0. The van der Waals surface area contributed by atoms with Crippen molar-refractivity contribution in [1.29, 1.82) is 0 Å². The Bertz CT molecular complexity index is 521. The Morgan fingerprint density at radius 2 is 2.16 bits per heavy atom. The molecule has 1 aromatic rings. The van der Waals surface area contributed by atoms with Gasteiger partial charge in [-0.1, -0.05) is 12.1 Å². The highest BCUT2D eigenvalue weighted by atomic mass is 32.2. The van der Waals surface area contributed by atoms with Crippen LogP contribution in [-0.4, -0.2) is 27.5 Å². The molecule has 1 atom stereocenters. The Labute approximate surface area is 116 Å². The molecule has 5 heteroatoms. The third-order valence-corrected chi connectivity index (χ3v) is 4.96. The Morgan fingerprint density at radius 1 is 1.42 bits per heavy atom. The average molecular weight is 279 g/mol. The van der Waals surface area contributed by atoms with Crippen molar-refractivity contribution in [3.8, 4) is 0 Å². The van der Waals surface area contributed by atoms with E-state index >= 15 is 0 Å². The lowest BCUT2D eigenvalue weighted by Crippen LogP contribution is -2.35. The van der Waals surface area contributed by atoms with Crippen LogP contribution >= 0.6 is 11.8 Å². The maximum atomic E-state index is 12.3. The molecule has 0 aromatic heterocycles. The van der Waals surface area contributed by atoms with E-state index in [4.69, 9.17) is 0 Å². The van der Waals surface area contributed by atoms with Crippen molar-refractivity contribution in [1.82, 2.24) is 0 Å². The Morgan fingerprint density at radius 3 is 2.74 bits per heavy atom. The number of anilines is 1. The van der Waals surface area contributed by atoms with Crippen molar-refractivity contribution < 1.29 is 14.7 Å². The van der Waals surface area contributed by atoms with Gasteiger partial charge in [0.2, 0.25) is 5.91 Å². The van der Waals surface area contributed by atoms with Crippen LogP contribution in [0.5, 0.6) is 0 Å². The van der Waals surface area contributed by atoms with E-state index in [1.165, 1.54) is 6.07 Å². The first-order valence-corrected chi connectivity index (χ1v) is 7.21. The minimum atomic E-state index is -1.02. The predicted molar refractivity (Wildman–Crippen MR) is 76.9 cm³/mol. The summed E-state index contributed by atoms with van der Waals surface area (Å²) in [6.45, 7) is 3.71. The number of para-hydroxylation sites is 1. The summed E-state index contributed by atoms with van der Waals surface area (Å²) in [5.41, 5.74) is 1.31. The van der Waals surface area contributed by atoms with Crippen molar-refractivity contribution in [2.75, 3.05) is 11.1 Å². The highest BCUT2D eigenvalue weighted by Gasteiger charge is 2.37. The largest absolute Gasteiger partial charge is 0.478 e. The number of hydrogen-bond donors (Lipinski definition) is 2. The molecule has 1 aromatic carbocycles. The molecule has 1 aliphatic heterocycles. The quantitative estimate of drug-likeness (QED) is 0.892. The molecule has 1 unspecified atom stereocenters. The first-order valence-electron chi connectivity index (χ1n) is 6.22. The number of amides is 1. The summed E-state index contributed by atoms with van der Waals surface area (Å²) in [7, 11) is 0. The van der Waals surface area contributed by atoms with E-state index in [2.05, 4.69) is 5.32 Å². The van der Waals surface area contributed by atoms with E-state index in [9.17, 15) is 14.7 Å². The highest BCUT2D eigenvalue weighted by Crippen LogP contribution is 2.39. The second-order valence-corrected chi connectivity index (χ2v) is 6.54. The van der Waals surface area contributed by atoms with Gasteiger partial charge in [-0.15, -0.1) is 11.8 Å². The summed E-state index contributed by atoms with van der Waals surface area (Å²) in [6, 6.07) is 4.99. The van der Waals surface area contributed by atoms with Gasteiger partial charge in [-0.2, -0.15) is 0 Å². The third-order valence-electron chi connectivity index (χ3n) is 3.44. The molecule has 0 bridgehead atoms. The van der Waals surface area contributed by atoms with E-state index in [0.29, 0.717) is 5.69 Å². The van der Waals surface area contributed by atoms with Crippen LogP contribution in [0.4, 0.5) is 5.69 Å². The summed E-state index contributed by atoms with van der Waals surface area (Å²) in [5, 5.41) is 12.0. The standard InChI is InChI=1S/C14H17NO3S/c1-9-5-3-6-10(12(16)17)11(9)15-13(18)14(2)7-4-8-19-14/h3,5-6H,4,7-8H2,1-2H3,(H,15,18)(H,16,17). The summed E-state index contributed by atoms with van der Waals surface area (Å²) in [4.78, 5) is 23.5. The molecular weight excluding hydrogens is 262 g/mol. The number of hydrogen-bond acceptors (Lipinski definition) is 3. The van der Waals surface area contributed by atoms with Gasteiger partial charge in [-0.25, -0.2) is 4.79 Å². The lowest BCUT2D eigenvalue weighted by molar-refractivity contribution is -0.118. The van der Waals surface area contributed by atoms with E-state index < -0.39 is 10.7 Å². The molecule has 19 heavy (non-hydrogen) atoms. The fourth-order valence-corrected chi connectivity index (χ4v) is 3.43. The molecule has 1 saturated heterocycles. The molecule has 0 radical (unpaired) electrons. The first kappa shape index (κ1) is 13.9. The van der Waals surface area contributed by atoms with Crippen molar-refractivity contribution in [2.45, 2.75) is 31.4 Å². The van der Waals surface area contributed by atoms with Crippen LogP contribution in [0.2, 0.25) is 0 Å². The maximum Gasteiger partial charge on any atom is 0.337 e. The Hall–Kier alpha value is -1.49. The molecule has 0 aliphatic carbocycles. The number of aryl methyl sites for hydroxylation is 1. The monoisotopic (exact) mass is 279 g/mol. The number of aromatic carboxylic acids is 1. The molecular formula is C14H17NO3S. The van der Waals surface area contributed by atoms with Gasteiger partial charge in [0.15, 0.2) is 0 Å². The number of thioether (sulfide) groups is 1. The van der Waals surface area contributed by atoms with Crippen LogP contribution < -0.4 is 5.32 Å². The number of benzene rings is 1. The normalized spacial score (nSPS) is 22.2. The SMILES string of the molecule is Cc1cccc(C(=O)O)c1NC(=O)C1(C)CCCS1. The molecule has 1 heterocycles. The molecule has 0 saturated carbocycles. The third kappa shape index (κ3) is 2.76. The summed E-state index contributed by atoms with van der Waals surface area (Å²) in [6.07, 6.45) is 1.85. The van der Waals surface area contributed by atoms with E-state index in [1.54, 1.807) is 30.8 Å². The van der Waals surface area contributed by atoms with Crippen LogP contribution in [0.15, 0.2) is 18.2 Å². The van der Waals surface area contributed by atoms with Crippen LogP contribution in [0, 0.1) is 6.92 Å². The molecule has 4 nitrogen and oxygen atoms in total. The number of carbonyl (C=O) groups is 2. The molecule has 1 amide bonds. The smallest absolute Gasteiger partial charge is 0.337 e. The second kappa shape index (κ2) is 5.25. The van der Waals surface area contributed by atoms with Crippen LogP contribution in [0.1, 0.15) is 35.7 Å². The van der Waals surface area contributed by atoms with Gasteiger partial charge < -0.3 is 10.4 Å². The van der Waals surface area contributed by atoms with Crippen molar-refractivity contribution in [3.05, 3.63) is 29.3 Å². The fraction of sp³-hybridized carbons (Fsp3) is 0.429.